The molecule has 3 aromatic rings. The second-order valence-electron chi connectivity index (χ2n) is 8.20. The van der Waals surface area contributed by atoms with Crippen LogP contribution in [-0.4, -0.2) is 28.5 Å². The van der Waals surface area contributed by atoms with E-state index in [0.717, 1.165) is 55.3 Å². The Balaban J connectivity index is 1.36. The van der Waals surface area contributed by atoms with Crippen LogP contribution in [0, 0.1) is 5.92 Å². The lowest BCUT2D eigenvalue weighted by Gasteiger charge is -2.32. The van der Waals surface area contributed by atoms with Crippen molar-refractivity contribution in [3.8, 4) is 0 Å². The van der Waals surface area contributed by atoms with Crippen molar-refractivity contribution in [2.75, 3.05) is 13.1 Å². The molecule has 148 valence electrons. The maximum atomic E-state index is 13.2. The lowest BCUT2D eigenvalue weighted by atomic mass is 9.90. The summed E-state index contributed by atoms with van der Waals surface area (Å²) in [5, 5.41) is 0.650. The van der Waals surface area contributed by atoms with E-state index in [1.165, 1.54) is 11.1 Å². The summed E-state index contributed by atoms with van der Waals surface area (Å²) in [5.74, 6) is 0.475. The highest BCUT2D eigenvalue weighted by Crippen LogP contribution is 2.29. The number of nitrogens with zero attached hydrogens (tertiary/aromatic N) is 2. The molecule has 1 saturated heterocycles. The molecule has 3 heterocycles. The third-order valence-corrected chi connectivity index (χ3v) is 6.79. The summed E-state index contributed by atoms with van der Waals surface area (Å²) in [7, 11) is 0. The zero-order valence-corrected chi connectivity index (χ0v) is 17.8. The zero-order chi connectivity index (χ0) is 20.0. The Bertz CT molecular complexity index is 1140. The van der Waals surface area contributed by atoms with E-state index in [0.29, 0.717) is 16.9 Å². The molecule has 2 aliphatic rings. The molecule has 0 bridgehead atoms. The first-order valence-corrected chi connectivity index (χ1v) is 11.1. The molecule has 1 amide bonds. The molecule has 0 aliphatic carbocycles. The zero-order valence-electron chi connectivity index (χ0n) is 16.2. The minimum absolute atomic E-state index is 0.118. The van der Waals surface area contributed by atoms with Crippen molar-refractivity contribution >= 4 is 32.7 Å². The topological polar surface area (TPSA) is 42.3 Å². The van der Waals surface area contributed by atoms with Crippen LogP contribution in [0.1, 0.15) is 34.3 Å². The molecular formula is C24H23BrN2O2. The van der Waals surface area contributed by atoms with Gasteiger partial charge in [0.2, 0.25) is 5.43 Å². The number of aromatic nitrogens is 1. The number of rotatable bonds is 3. The van der Waals surface area contributed by atoms with E-state index < -0.39 is 0 Å². The quantitative estimate of drug-likeness (QED) is 0.592. The van der Waals surface area contributed by atoms with Gasteiger partial charge in [-0.15, -0.1) is 0 Å². The number of hydrogen-bond acceptors (Lipinski definition) is 2. The Morgan fingerprint density at radius 1 is 1.07 bits per heavy atom. The Labute approximate surface area is 178 Å². The van der Waals surface area contributed by atoms with Gasteiger partial charge in [0.1, 0.15) is 5.56 Å². The summed E-state index contributed by atoms with van der Waals surface area (Å²) >= 11 is 3.51. The Hall–Kier alpha value is -2.40. The highest BCUT2D eigenvalue weighted by Gasteiger charge is 2.27. The molecule has 0 N–H and O–H groups in total. The number of hydrogen-bond donors (Lipinski definition) is 0. The maximum Gasteiger partial charge on any atom is 0.259 e. The molecule has 0 radical (unpaired) electrons. The average Bonchev–Trinajstić information content (AvgIpc) is 3.14. The van der Waals surface area contributed by atoms with Gasteiger partial charge in [-0.1, -0.05) is 46.3 Å². The van der Waals surface area contributed by atoms with Crippen molar-refractivity contribution in [1.29, 1.82) is 0 Å². The lowest BCUT2D eigenvalue weighted by Crippen LogP contribution is -2.41. The summed E-state index contributed by atoms with van der Waals surface area (Å²) in [6, 6.07) is 14.5. The smallest absolute Gasteiger partial charge is 0.259 e. The van der Waals surface area contributed by atoms with Crippen LogP contribution in [0.25, 0.3) is 10.9 Å². The first-order chi connectivity index (χ1) is 14.1. The average molecular weight is 451 g/mol. The van der Waals surface area contributed by atoms with Crippen molar-refractivity contribution in [3.05, 3.63) is 80.0 Å². The first kappa shape index (κ1) is 18.6. The van der Waals surface area contributed by atoms with Crippen LogP contribution in [0.4, 0.5) is 0 Å². The summed E-state index contributed by atoms with van der Waals surface area (Å²) in [6.07, 6.45) is 5.71. The molecule has 2 aromatic carbocycles. The van der Waals surface area contributed by atoms with Gasteiger partial charge < -0.3 is 9.47 Å². The van der Waals surface area contributed by atoms with Crippen LogP contribution in [0.3, 0.4) is 0 Å². The molecule has 5 rings (SSSR count). The predicted octanol–water partition coefficient (Wildman–Crippen LogP) is 4.42. The standard InChI is InChI=1S/C24H23BrN2O2/c25-19-13-18-8-11-27-15-21(23(28)20(14-19)22(18)27)24(29)26-9-6-17(7-10-26)12-16-4-2-1-3-5-16/h1-5,13-15,17H,6-12H2. The fourth-order valence-electron chi connectivity index (χ4n) is 4.81. The highest BCUT2D eigenvalue weighted by molar-refractivity contribution is 9.10. The van der Waals surface area contributed by atoms with Crippen LogP contribution < -0.4 is 5.43 Å². The maximum absolute atomic E-state index is 13.2. The van der Waals surface area contributed by atoms with Crippen molar-refractivity contribution in [3.63, 3.8) is 0 Å². The summed E-state index contributed by atoms with van der Waals surface area (Å²) in [5.41, 5.74) is 3.68. The second-order valence-corrected chi connectivity index (χ2v) is 9.12. The van der Waals surface area contributed by atoms with E-state index in [4.69, 9.17) is 0 Å². The molecule has 0 spiro atoms. The fraction of sp³-hybridized carbons (Fsp3) is 0.333. The van der Waals surface area contributed by atoms with E-state index in [9.17, 15) is 9.59 Å². The largest absolute Gasteiger partial charge is 0.346 e. The van der Waals surface area contributed by atoms with Gasteiger partial charge in [-0.2, -0.15) is 0 Å². The summed E-state index contributed by atoms with van der Waals surface area (Å²) in [4.78, 5) is 28.2. The minimum atomic E-state index is -0.142. The van der Waals surface area contributed by atoms with Gasteiger partial charge in [-0.05, 0) is 54.9 Å². The number of carbonyl (C=O) groups excluding carboxylic acids is 1. The number of aryl methyl sites for hydroxylation is 2. The molecule has 5 heteroatoms. The van der Waals surface area contributed by atoms with Crippen LogP contribution in [0.2, 0.25) is 0 Å². The van der Waals surface area contributed by atoms with E-state index in [1.54, 1.807) is 6.20 Å². The van der Waals surface area contributed by atoms with E-state index in [2.05, 4.69) is 50.8 Å². The third-order valence-electron chi connectivity index (χ3n) is 6.34. The number of amides is 1. The minimum Gasteiger partial charge on any atom is -0.346 e. The molecule has 0 atom stereocenters. The summed E-state index contributed by atoms with van der Waals surface area (Å²) in [6.45, 7) is 2.26. The Morgan fingerprint density at radius 2 is 1.83 bits per heavy atom. The van der Waals surface area contributed by atoms with Crippen molar-refractivity contribution in [1.82, 2.24) is 9.47 Å². The van der Waals surface area contributed by atoms with Gasteiger partial charge in [0.15, 0.2) is 0 Å². The second kappa shape index (κ2) is 7.45. The van der Waals surface area contributed by atoms with Gasteiger partial charge >= 0.3 is 0 Å². The van der Waals surface area contributed by atoms with Crippen molar-refractivity contribution in [2.45, 2.75) is 32.2 Å². The molecule has 1 aromatic heterocycles. The van der Waals surface area contributed by atoms with Crippen LogP contribution in [0.15, 0.2) is 57.9 Å². The third kappa shape index (κ3) is 3.42. The van der Waals surface area contributed by atoms with Crippen LogP contribution in [-0.2, 0) is 19.4 Å². The number of benzene rings is 2. The number of pyridine rings is 1. The van der Waals surface area contributed by atoms with Crippen molar-refractivity contribution < 1.29 is 4.79 Å². The molecule has 1 fully saturated rings. The molecule has 4 nitrogen and oxygen atoms in total. The van der Waals surface area contributed by atoms with E-state index in [1.807, 2.05) is 17.0 Å². The van der Waals surface area contributed by atoms with Gasteiger partial charge in [0.05, 0.1) is 5.52 Å². The molecule has 29 heavy (non-hydrogen) atoms. The number of likely N-dealkylation sites (tertiary alicyclic amines) is 1. The lowest BCUT2D eigenvalue weighted by molar-refractivity contribution is 0.0688. The highest BCUT2D eigenvalue weighted by atomic mass is 79.9. The van der Waals surface area contributed by atoms with Gasteiger partial charge in [0, 0.05) is 35.7 Å². The van der Waals surface area contributed by atoms with Gasteiger partial charge in [0.25, 0.3) is 5.91 Å². The predicted molar refractivity (Wildman–Crippen MR) is 118 cm³/mol. The Morgan fingerprint density at radius 3 is 2.59 bits per heavy atom. The number of piperidine rings is 1. The molecule has 2 aliphatic heterocycles. The fourth-order valence-corrected chi connectivity index (χ4v) is 5.32. The summed E-state index contributed by atoms with van der Waals surface area (Å²) < 4.78 is 2.98. The van der Waals surface area contributed by atoms with Gasteiger partial charge in [-0.25, -0.2) is 0 Å². The Kier molecular flexibility index (Phi) is 4.78. The molecular weight excluding hydrogens is 428 g/mol. The van der Waals surface area contributed by atoms with Crippen LogP contribution in [0.5, 0.6) is 0 Å². The van der Waals surface area contributed by atoms with Gasteiger partial charge in [-0.3, -0.25) is 9.59 Å². The number of halogens is 1. The SMILES string of the molecule is O=C(c1cn2c3c(cc(Br)cc3c1=O)CC2)N1CCC(Cc2ccccc2)CC1. The molecule has 0 unspecified atom stereocenters. The normalized spacial score (nSPS) is 16.5. The molecule has 0 saturated carbocycles. The van der Waals surface area contributed by atoms with E-state index >= 15 is 0 Å². The number of carbonyl (C=O) groups is 1. The monoisotopic (exact) mass is 450 g/mol. The van der Waals surface area contributed by atoms with E-state index in [-0.39, 0.29) is 11.3 Å². The van der Waals surface area contributed by atoms with Crippen molar-refractivity contribution in [2.24, 2.45) is 5.92 Å². The first-order valence-electron chi connectivity index (χ1n) is 10.3. The van der Waals surface area contributed by atoms with Crippen LogP contribution >= 0.6 is 15.9 Å².